The lowest BCUT2D eigenvalue weighted by molar-refractivity contribution is 0.191. The van der Waals surface area contributed by atoms with Gasteiger partial charge < -0.3 is 15.2 Å². The first-order valence-electron chi connectivity index (χ1n) is 8.39. The average molecular weight is 347 g/mol. The minimum Gasteiger partial charge on any atom is -0.497 e. The van der Waals surface area contributed by atoms with Crippen molar-refractivity contribution in [3.8, 4) is 11.8 Å². The second kappa shape index (κ2) is 7.42. The number of benzene rings is 2. The van der Waals surface area contributed by atoms with Crippen molar-refractivity contribution < 1.29 is 9.84 Å². The van der Waals surface area contributed by atoms with E-state index in [-0.39, 0.29) is 6.54 Å². The Labute approximate surface area is 152 Å². The van der Waals surface area contributed by atoms with Gasteiger partial charge in [0, 0.05) is 18.1 Å². The zero-order valence-electron chi connectivity index (χ0n) is 15.1. The highest BCUT2D eigenvalue weighted by molar-refractivity contribution is 5.96. The van der Waals surface area contributed by atoms with Crippen LogP contribution >= 0.6 is 0 Å². The van der Waals surface area contributed by atoms with E-state index in [0.717, 1.165) is 27.6 Å². The molecule has 0 fully saturated rings. The second-order valence-corrected chi connectivity index (χ2v) is 6.31. The zero-order chi connectivity index (χ0) is 18.7. The first kappa shape index (κ1) is 17.7. The Hall–Kier alpha value is -3.10. The fourth-order valence-electron chi connectivity index (χ4n) is 3.10. The predicted molar refractivity (Wildman–Crippen MR) is 102 cm³/mol. The summed E-state index contributed by atoms with van der Waals surface area (Å²) in [6.07, 6.45) is 0.844. The summed E-state index contributed by atoms with van der Waals surface area (Å²) in [7, 11) is 1.59. The molecular weight excluding hydrogens is 326 g/mol. The number of nitrogens with one attached hydrogen (secondary N) is 1. The Bertz CT molecular complexity index is 992. The summed E-state index contributed by atoms with van der Waals surface area (Å²) in [5, 5.41) is 24.1. The molecule has 1 unspecified atom stereocenters. The topological polar surface area (TPSA) is 78.2 Å². The SMILES string of the molecule is COc1cccc(C(O)CNc2c(C#N)cnc3c(C)cc(C)cc23)c1. The lowest BCUT2D eigenvalue weighted by Crippen LogP contribution is -2.13. The number of pyridine rings is 1. The van der Waals surface area contributed by atoms with E-state index in [1.165, 1.54) is 0 Å². The third kappa shape index (κ3) is 3.46. The minimum atomic E-state index is -0.731. The number of ether oxygens (including phenoxy) is 1. The molecule has 5 heteroatoms. The summed E-state index contributed by atoms with van der Waals surface area (Å²) in [6.45, 7) is 4.29. The van der Waals surface area contributed by atoms with Crippen LogP contribution in [0, 0.1) is 25.2 Å². The monoisotopic (exact) mass is 347 g/mol. The molecule has 0 aliphatic rings. The van der Waals surface area contributed by atoms with Gasteiger partial charge in [-0.3, -0.25) is 4.98 Å². The molecule has 0 aliphatic carbocycles. The van der Waals surface area contributed by atoms with Crippen LogP contribution in [0.3, 0.4) is 0 Å². The Morgan fingerprint density at radius 3 is 2.81 bits per heavy atom. The van der Waals surface area contributed by atoms with Gasteiger partial charge in [-0.1, -0.05) is 23.8 Å². The van der Waals surface area contributed by atoms with Gasteiger partial charge in [0.05, 0.1) is 30.0 Å². The van der Waals surface area contributed by atoms with Gasteiger partial charge in [-0.05, 0) is 43.2 Å². The number of anilines is 1. The number of methoxy groups -OCH3 is 1. The van der Waals surface area contributed by atoms with Gasteiger partial charge in [0.2, 0.25) is 0 Å². The molecule has 1 aromatic heterocycles. The number of aliphatic hydroxyl groups excluding tert-OH is 1. The van der Waals surface area contributed by atoms with Gasteiger partial charge in [0.1, 0.15) is 11.8 Å². The van der Waals surface area contributed by atoms with Crippen molar-refractivity contribution in [2.45, 2.75) is 20.0 Å². The number of fused-ring (bicyclic) bond motifs is 1. The third-order valence-corrected chi connectivity index (χ3v) is 4.38. The molecule has 26 heavy (non-hydrogen) atoms. The predicted octanol–water partition coefficient (Wildman–Crippen LogP) is 3.88. The molecule has 2 aromatic carbocycles. The van der Waals surface area contributed by atoms with E-state index in [9.17, 15) is 10.4 Å². The molecule has 2 N–H and O–H groups in total. The molecule has 0 saturated heterocycles. The first-order chi connectivity index (χ1) is 12.5. The van der Waals surface area contributed by atoms with E-state index in [1.807, 2.05) is 38.1 Å². The Balaban J connectivity index is 1.94. The summed E-state index contributed by atoms with van der Waals surface area (Å²) in [5.41, 5.74) is 4.92. The summed E-state index contributed by atoms with van der Waals surface area (Å²) in [4.78, 5) is 4.42. The highest BCUT2D eigenvalue weighted by Crippen LogP contribution is 2.29. The number of aliphatic hydroxyl groups is 1. The molecule has 1 heterocycles. The van der Waals surface area contributed by atoms with Crippen LogP contribution in [0.25, 0.3) is 10.9 Å². The summed E-state index contributed by atoms with van der Waals surface area (Å²) in [5.74, 6) is 0.694. The summed E-state index contributed by atoms with van der Waals surface area (Å²) < 4.78 is 5.21. The van der Waals surface area contributed by atoms with E-state index >= 15 is 0 Å². The lowest BCUT2D eigenvalue weighted by atomic mass is 10.0. The molecule has 0 bridgehead atoms. The maximum Gasteiger partial charge on any atom is 0.119 e. The van der Waals surface area contributed by atoms with Crippen molar-refractivity contribution in [3.05, 3.63) is 64.8 Å². The molecule has 0 spiro atoms. The van der Waals surface area contributed by atoms with E-state index < -0.39 is 6.10 Å². The van der Waals surface area contributed by atoms with Crippen molar-refractivity contribution >= 4 is 16.6 Å². The smallest absolute Gasteiger partial charge is 0.119 e. The molecule has 0 radical (unpaired) electrons. The highest BCUT2D eigenvalue weighted by atomic mass is 16.5. The van der Waals surface area contributed by atoms with Crippen molar-refractivity contribution in [1.82, 2.24) is 4.98 Å². The highest BCUT2D eigenvalue weighted by Gasteiger charge is 2.14. The van der Waals surface area contributed by atoms with E-state index in [0.29, 0.717) is 17.0 Å². The van der Waals surface area contributed by atoms with Gasteiger partial charge in [-0.25, -0.2) is 0 Å². The first-order valence-corrected chi connectivity index (χ1v) is 8.39. The van der Waals surface area contributed by atoms with Crippen LogP contribution in [0.4, 0.5) is 5.69 Å². The molecule has 3 aromatic rings. The second-order valence-electron chi connectivity index (χ2n) is 6.31. The van der Waals surface area contributed by atoms with Crippen LogP contribution in [-0.4, -0.2) is 23.7 Å². The van der Waals surface area contributed by atoms with Crippen LogP contribution in [0.15, 0.2) is 42.6 Å². The fraction of sp³-hybridized carbons (Fsp3) is 0.238. The number of aryl methyl sites for hydroxylation is 2. The summed E-state index contributed by atoms with van der Waals surface area (Å²) in [6, 6.07) is 13.6. The van der Waals surface area contributed by atoms with Gasteiger partial charge in [0.25, 0.3) is 0 Å². The van der Waals surface area contributed by atoms with Crippen LogP contribution in [-0.2, 0) is 0 Å². The van der Waals surface area contributed by atoms with Gasteiger partial charge >= 0.3 is 0 Å². The Kier molecular flexibility index (Phi) is 5.06. The zero-order valence-corrected chi connectivity index (χ0v) is 15.1. The van der Waals surface area contributed by atoms with Gasteiger partial charge in [-0.2, -0.15) is 5.26 Å². The number of nitriles is 1. The van der Waals surface area contributed by atoms with Crippen LogP contribution in [0.5, 0.6) is 5.75 Å². The number of nitrogens with zero attached hydrogens (tertiary/aromatic N) is 2. The van der Waals surface area contributed by atoms with Crippen LogP contribution < -0.4 is 10.1 Å². The number of aromatic nitrogens is 1. The summed E-state index contributed by atoms with van der Waals surface area (Å²) >= 11 is 0. The number of hydrogen-bond acceptors (Lipinski definition) is 5. The van der Waals surface area contributed by atoms with Crippen molar-refractivity contribution in [2.75, 3.05) is 19.0 Å². The molecule has 1 atom stereocenters. The normalized spacial score (nSPS) is 11.8. The van der Waals surface area contributed by atoms with E-state index in [4.69, 9.17) is 4.74 Å². The van der Waals surface area contributed by atoms with Crippen LogP contribution in [0.2, 0.25) is 0 Å². The fourth-order valence-corrected chi connectivity index (χ4v) is 3.10. The number of rotatable bonds is 5. The van der Waals surface area contributed by atoms with Crippen molar-refractivity contribution in [3.63, 3.8) is 0 Å². The van der Waals surface area contributed by atoms with Crippen molar-refractivity contribution in [1.29, 1.82) is 5.26 Å². The van der Waals surface area contributed by atoms with Crippen LogP contribution in [0.1, 0.15) is 28.4 Å². The minimum absolute atomic E-state index is 0.272. The molecule has 0 saturated carbocycles. The number of hydrogen-bond donors (Lipinski definition) is 2. The van der Waals surface area contributed by atoms with Gasteiger partial charge in [-0.15, -0.1) is 0 Å². The third-order valence-electron chi connectivity index (χ3n) is 4.38. The quantitative estimate of drug-likeness (QED) is 0.732. The molecule has 5 nitrogen and oxygen atoms in total. The Morgan fingerprint density at radius 1 is 1.27 bits per heavy atom. The molecule has 132 valence electrons. The molecular formula is C21H21N3O2. The van der Waals surface area contributed by atoms with E-state index in [2.05, 4.69) is 22.4 Å². The largest absolute Gasteiger partial charge is 0.497 e. The molecule has 0 aliphatic heterocycles. The molecule has 0 amide bonds. The average Bonchev–Trinajstić information content (AvgIpc) is 2.65. The molecule has 3 rings (SSSR count). The van der Waals surface area contributed by atoms with Crippen molar-refractivity contribution in [2.24, 2.45) is 0 Å². The van der Waals surface area contributed by atoms with Gasteiger partial charge in [0.15, 0.2) is 0 Å². The Morgan fingerprint density at radius 2 is 2.08 bits per heavy atom. The maximum absolute atomic E-state index is 10.5. The van der Waals surface area contributed by atoms with E-state index in [1.54, 1.807) is 19.4 Å². The maximum atomic E-state index is 10.5. The lowest BCUT2D eigenvalue weighted by Gasteiger charge is -2.17. The standard InChI is InChI=1S/C21H21N3O2/c1-13-7-14(2)20-18(8-13)21(16(10-22)11-23-20)24-12-19(25)15-5-4-6-17(9-15)26-3/h4-9,11,19,25H,12H2,1-3H3,(H,23,24).